The van der Waals surface area contributed by atoms with Crippen LogP contribution in [0.1, 0.15) is 31.9 Å². The van der Waals surface area contributed by atoms with Gasteiger partial charge in [-0.25, -0.2) is 0 Å². The molecule has 0 radical (unpaired) electrons. The van der Waals surface area contributed by atoms with Gasteiger partial charge in [-0.3, -0.25) is 0 Å². The Morgan fingerprint density at radius 3 is 2.75 bits per heavy atom. The van der Waals surface area contributed by atoms with Crippen molar-refractivity contribution < 1.29 is 9.84 Å². The normalized spacial score (nSPS) is 15.8. The van der Waals surface area contributed by atoms with Gasteiger partial charge in [0.1, 0.15) is 18.5 Å². The quantitative estimate of drug-likeness (QED) is 0.811. The fourth-order valence-electron chi connectivity index (χ4n) is 2.25. The van der Waals surface area contributed by atoms with Crippen LogP contribution in [0.4, 0.5) is 0 Å². The minimum atomic E-state index is -0.496. The zero-order chi connectivity index (χ0) is 14.6. The smallest absolute Gasteiger partial charge is 0.123 e. The molecular formula is C17H25NO2. The summed E-state index contributed by atoms with van der Waals surface area (Å²) in [5, 5.41) is 13.3. The lowest BCUT2D eigenvalue weighted by atomic mass is 9.96. The largest absolute Gasteiger partial charge is 0.491 e. The molecule has 2 N–H and O–H groups in total. The van der Waals surface area contributed by atoms with E-state index in [9.17, 15) is 5.11 Å². The van der Waals surface area contributed by atoms with E-state index in [1.54, 1.807) is 0 Å². The molecule has 0 fully saturated rings. The highest BCUT2D eigenvalue weighted by Gasteiger charge is 2.14. The van der Waals surface area contributed by atoms with Gasteiger partial charge in [-0.1, -0.05) is 24.3 Å². The van der Waals surface area contributed by atoms with Gasteiger partial charge in [0.2, 0.25) is 0 Å². The van der Waals surface area contributed by atoms with Gasteiger partial charge < -0.3 is 15.2 Å². The second-order valence-corrected chi connectivity index (χ2v) is 6.37. The fraction of sp³-hybridized carbons (Fsp3) is 0.529. The van der Waals surface area contributed by atoms with Crippen LogP contribution in [-0.4, -0.2) is 29.9 Å². The number of aliphatic hydroxyl groups is 1. The lowest BCUT2D eigenvalue weighted by Gasteiger charge is -2.23. The number of nitrogens with one attached hydrogen (secondary N) is 1. The average molecular weight is 275 g/mol. The van der Waals surface area contributed by atoms with Crippen LogP contribution in [0, 0.1) is 0 Å². The Hall–Kier alpha value is -1.32. The first-order valence-corrected chi connectivity index (χ1v) is 7.27. The lowest BCUT2D eigenvalue weighted by molar-refractivity contribution is 0.0996. The summed E-state index contributed by atoms with van der Waals surface area (Å²) in [5.74, 6) is 0.904. The first-order chi connectivity index (χ1) is 9.46. The Balaban J connectivity index is 1.89. The number of hydrogen-bond acceptors (Lipinski definition) is 3. The van der Waals surface area contributed by atoms with Gasteiger partial charge in [0.05, 0.1) is 0 Å². The maximum absolute atomic E-state index is 9.98. The van der Waals surface area contributed by atoms with Crippen molar-refractivity contribution in [3.8, 4) is 5.75 Å². The van der Waals surface area contributed by atoms with Gasteiger partial charge in [0.15, 0.2) is 0 Å². The summed E-state index contributed by atoms with van der Waals surface area (Å²) in [7, 11) is 0. The van der Waals surface area contributed by atoms with E-state index < -0.39 is 6.10 Å². The standard InChI is InChI=1S/C17H25NO2/c1-17(2,3)18-11-14(19)12-20-16-10-6-8-13-7-4-5-9-15(13)16/h4-6,8,10,14,18-19H,7,9,11-12H2,1-3H3. The predicted molar refractivity (Wildman–Crippen MR) is 82.2 cm³/mol. The van der Waals surface area contributed by atoms with E-state index in [-0.39, 0.29) is 5.54 Å². The molecule has 1 unspecified atom stereocenters. The summed E-state index contributed by atoms with van der Waals surface area (Å²) in [6.45, 7) is 7.11. The first kappa shape index (κ1) is 15.1. The highest BCUT2D eigenvalue weighted by atomic mass is 16.5. The van der Waals surface area contributed by atoms with Crippen LogP contribution in [0.25, 0.3) is 0 Å². The van der Waals surface area contributed by atoms with E-state index in [4.69, 9.17) is 4.74 Å². The molecule has 1 aromatic carbocycles. The van der Waals surface area contributed by atoms with Crippen molar-refractivity contribution in [1.82, 2.24) is 5.32 Å². The summed E-state index contributed by atoms with van der Waals surface area (Å²) < 4.78 is 5.81. The molecule has 2 rings (SSSR count). The van der Waals surface area contributed by atoms with Crippen LogP contribution in [0.15, 0.2) is 30.4 Å². The third-order valence-corrected chi connectivity index (χ3v) is 3.36. The van der Waals surface area contributed by atoms with Crippen molar-refractivity contribution >= 4 is 0 Å². The summed E-state index contributed by atoms with van der Waals surface area (Å²) in [6, 6.07) is 6.15. The van der Waals surface area contributed by atoms with Crippen LogP contribution in [0.5, 0.6) is 5.75 Å². The predicted octanol–water partition coefficient (Wildman–Crippen LogP) is 2.47. The van der Waals surface area contributed by atoms with Crippen molar-refractivity contribution in [2.45, 2.75) is 45.3 Å². The Morgan fingerprint density at radius 1 is 1.25 bits per heavy atom. The van der Waals surface area contributed by atoms with Gasteiger partial charge in [0, 0.05) is 17.6 Å². The molecule has 1 aliphatic rings. The molecule has 0 amide bonds. The number of fused-ring (bicyclic) bond motifs is 1. The molecule has 1 atom stereocenters. The second-order valence-electron chi connectivity index (χ2n) is 6.37. The van der Waals surface area contributed by atoms with E-state index in [1.807, 2.05) is 12.1 Å². The number of aliphatic hydroxyl groups excluding tert-OH is 1. The Morgan fingerprint density at radius 2 is 2.00 bits per heavy atom. The molecule has 110 valence electrons. The monoisotopic (exact) mass is 275 g/mol. The SMILES string of the molecule is CC(C)(C)NCC(O)COc1cccc2c1CC=CC2. The minimum absolute atomic E-state index is 0.0116. The summed E-state index contributed by atoms with van der Waals surface area (Å²) in [4.78, 5) is 0. The number of ether oxygens (including phenoxy) is 1. The fourth-order valence-corrected chi connectivity index (χ4v) is 2.25. The first-order valence-electron chi connectivity index (χ1n) is 7.27. The van der Waals surface area contributed by atoms with Crippen molar-refractivity contribution in [2.24, 2.45) is 0 Å². The maximum Gasteiger partial charge on any atom is 0.123 e. The average Bonchev–Trinajstić information content (AvgIpc) is 2.42. The minimum Gasteiger partial charge on any atom is -0.491 e. The van der Waals surface area contributed by atoms with E-state index in [0.717, 1.165) is 18.6 Å². The molecule has 0 heterocycles. The van der Waals surface area contributed by atoms with Gasteiger partial charge in [0.25, 0.3) is 0 Å². The molecular weight excluding hydrogens is 250 g/mol. The van der Waals surface area contributed by atoms with Crippen molar-refractivity contribution in [3.05, 3.63) is 41.5 Å². The van der Waals surface area contributed by atoms with Gasteiger partial charge >= 0.3 is 0 Å². The van der Waals surface area contributed by atoms with Crippen molar-refractivity contribution in [2.75, 3.05) is 13.2 Å². The molecule has 3 heteroatoms. The molecule has 1 aliphatic carbocycles. The highest BCUT2D eigenvalue weighted by molar-refractivity contribution is 5.44. The number of allylic oxidation sites excluding steroid dienone is 2. The molecule has 0 spiro atoms. The maximum atomic E-state index is 9.98. The van der Waals surface area contributed by atoms with Crippen LogP contribution < -0.4 is 10.1 Å². The van der Waals surface area contributed by atoms with Crippen LogP contribution >= 0.6 is 0 Å². The third kappa shape index (κ3) is 4.36. The van der Waals surface area contributed by atoms with E-state index >= 15 is 0 Å². The number of rotatable bonds is 5. The molecule has 0 saturated carbocycles. The highest BCUT2D eigenvalue weighted by Crippen LogP contribution is 2.26. The van der Waals surface area contributed by atoms with E-state index in [1.165, 1.54) is 11.1 Å². The van der Waals surface area contributed by atoms with Crippen molar-refractivity contribution in [3.63, 3.8) is 0 Å². The molecule has 0 saturated heterocycles. The second kappa shape index (κ2) is 6.42. The van der Waals surface area contributed by atoms with Gasteiger partial charge in [-0.05, 0) is 45.2 Å². The summed E-state index contributed by atoms with van der Waals surface area (Å²) >= 11 is 0. The molecule has 1 aromatic rings. The van der Waals surface area contributed by atoms with Crippen LogP contribution in [-0.2, 0) is 12.8 Å². The molecule has 0 aromatic heterocycles. The van der Waals surface area contributed by atoms with Crippen LogP contribution in [0.3, 0.4) is 0 Å². The molecule has 0 aliphatic heterocycles. The van der Waals surface area contributed by atoms with E-state index in [2.05, 4.69) is 44.3 Å². The zero-order valence-corrected chi connectivity index (χ0v) is 12.6. The molecule has 0 bridgehead atoms. The van der Waals surface area contributed by atoms with E-state index in [0.29, 0.717) is 13.2 Å². The number of β-amino-alcohol motifs (C(OH)–C–C–N with tert-alkyl or cyclic N) is 1. The van der Waals surface area contributed by atoms with Crippen molar-refractivity contribution in [1.29, 1.82) is 0 Å². The topological polar surface area (TPSA) is 41.5 Å². The lowest BCUT2D eigenvalue weighted by Crippen LogP contribution is -2.42. The Bertz CT molecular complexity index is 474. The van der Waals surface area contributed by atoms with Gasteiger partial charge in [-0.15, -0.1) is 0 Å². The van der Waals surface area contributed by atoms with Gasteiger partial charge in [-0.2, -0.15) is 0 Å². The molecule has 20 heavy (non-hydrogen) atoms. The molecule has 3 nitrogen and oxygen atoms in total. The zero-order valence-electron chi connectivity index (χ0n) is 12.6. The number of hydrogen-bond donors (Lipinski definition) is 2. The third-order valence-electron chi connectivity index (χ3n) is 3.36. The Kier molecular flexibility index (Phi) is 4.84. The summed E-state index contributed by atoms with van der Waals surface area (Å²) in [6.07, 6.45) is 5.76. The summed E-state index contributed by atoms with van der Waals surface area (Å²) in [5.41, 5.74) is 2.59. The Labute approximate surface area is 121 Å². The van der Waals surface area contributed by atoms with Crippen LogP contribution in [0.2, 0.25) is 0 Å². The number of benzene rings is 1.